The van der Waals surface area contributed by atoms with Gasteiger partial charge in [0.1, 0.15) is 12.4 Å². The van der Waals surface area contributed by atoms with Gasteiger partial charge >= 0.3 is 5.97 Å². The third kappa shape index (κ3) is 4.57. The molecule has 0 saturated carbocycles. The van der Waals surface area contributed by atoms with Crippen molar-refractivity contribution >= 4 is 11.9 Å². The van der Waals surface area contributed by atoms with Crippen molar-refractivity contribution in [3.05, 3.63) is 65.2 Å². The lowest BCUT2D eigenvalue weighted by molar-refractivity contribution is 0.0600. The van der Waals surface area contributed by atoms with E-state index in [9.17, 15) is 9.59 Å². The van der Waals surface area contributed by atoms with Gasteiger partial charge in [-0.3, -0.25) is 4.79 Å². The molecule has 0 bridgehead atoms. The Morgan fingerprint density at radius 3 is 2.30 bits per heavy atom. The molecule has 2 aromatic carbocycles. The predicted octanol–water partition coefficient (Wildman–Crippen LogP) is 2.59. The van der Waals surface area contributed by atoms with E-state index in [-0.39, 0.29) is 5.91 Å². The number of hydrogen-bond acceptors (Lipinski definition) is 4. The van der Waals surface area contributed by atoms with Gasteiger partial charge in [0.05, 0.1) is 19.2 Å². The van der Waals surface area contributed by atoms with E-state index in [0.717, 1.165) is 11.3 Å². The van der Waals surface area contributed by atoms with Crippen LogP contribution in [0.4, 0.5) is 0 Å². The molecule has 0 saturated heterocycles. The molecule has 5 nitrogen and oxygen atoms in total. The number of ether oxygens (including phenoxy) is 2. The van der Waals surface area contributed by atoms with Crippen LogP contribution in [0.25, 0.3) is 0 Å². The molecular weight excluding hydrogens is 294 g/mol. The van der Waals surface area contributed by atoms with Crippen LogP contribution in [-0.4, -0.2) is 32.1 Å². The summed E-state index contributed by atoms with van der Waals surface area (Å²) >= 11 is 0. The lowest BCUT2D eigenvalue weighted by Crippen LogP contribution is -2.28. The van der Waals surface area contributed by atoms with Gasteiger partial charge in [-0.1, -0.05) is 18.2 Å². The van der Waals surface area contributed by atoms with Gasteiger partial charge in [0.25, 0.3) is 5.91 Å². The number of carbonyl (C=O) groups is 2. The van der Waals surface area contributed by atoms with Crippen molar-refractivity contribution in [3.63, 3.8) is 0 Å². The van der Waals surface area contributed by atoms with Gasteiger partial charge in [-0.25, -0.2) is 4.79 Å². The zero-order chi connectivity index (χ0) is 16.7. The number of nitrogens with one attached hydrogen (secondary N) is 1. The molecule has 2 rings (SSSR count). The van der Waals surface area contributed by atoms with E-state index in [1.54, 1.807) is 24.3 Å². The summed E-state index contributed by atoms with van der Waals surface area (Å²) in [6, 6.07) is 14.0. The summed E-state index contributed by atoms with van der Waals surface area (Å²) in [5.41, 5.74) is 1.94. The Hall–Kier alpha value is -2.82. The summed E-state index contributed by atoms with van der Waals surface area (Å²) < 4.78 is 10.2. The van der Waals surface area contributed by atoms with Gasteiger partial charge in [0.2, 0.25) is 0 Å². The highest BCUT2D eigenvalue weighted by molar-refractivity contribution is 5.96. The Morgan fingerprint density at radius 1 is 1.00 bits per heavy atom. The Kier molecular flexibility index (Phi) is 5.74. The zero-order valence-electron chi connectivity index (χ0n) is 13.2. The molecule has 2 aromatic rings. The second kappa shape index (κ2) is 7.98. The van der Waals surface area contributed by atoms with Crippen molar-refractivity contribution in [1.82, 2.24) is 5.32 Å². The maximum Gasteiger partial charge on any atom is 0.337 e. The molecule has 0 unspecified atom stereocenters. The fourth-order valence-corrected chi connectivity index (χ4v) is 2.02. The van der Waals surface area contributed by atoms with Crippen LogP contribution in [0.1, 0.15) is 26.3 Å². The highest BCUT2D eigenvalue weighted by Gasteiger charge is 2.08. The average Bonchev–Trinajstić information content (AvgIpc) is 2.59. The van der Waals surface area contributed by atoms with Crippen molar-refractivity contribution in [1.29, 1.82) is 0 Å². The number of para-hydroxylation sites is 1. The van der Waals surface area contributed by atoms with Crippen molar-refractivity contribution in [2.45, 2.75) is 6.92 Å². The monoisotopic (exact) mass is 313 g/mol. The Balaban J connectivity index is 1.81. The van der Waals surface area contributed by atoms with E-state index in [4.69, 9.17) is 4.74 Å². The van der Waals surface area contributed by atoms with Crippen LogP contribution in [0.5, 0.6) is 5.75 Å². The summed E-state index contributed by atoms with van der Waals surface area (Å²) in [5.74, 6) is 0.169. The van der Waals surface area contributed by atoms with E-state index in [1.165, 1.54) is 7.11 Å². The van der Waals surface area contributed by atoms with Gasteiger partial charge in [0, 0.05) is 5.56 Å². The molecule has 0 aliphatic rings. The first-order valence-corrected chi connectivity index (χ1v) is 7.27. The molecule has 0 heterocycles. The van der Waals surface area contributed by atoms with Crippen LogP contribution in [0, 0.1) is 6.92 Å². The van der Waals surface area contributed by atoms with E-state index in [0.29, 0.717) is 24.3 Å². The third-order valence-electron chi connectivity index (χ3n) is 3.31. The van der Waals surface area contributed by atoms with Gasteiger partial charge in [0.15, 0.2) is 0 Å². The first-order chi connectivity index (χ1) is 11.1. The van der Waals surface area contributed by atoms with Crippen LogP contribution in [0.2, 0.25) is 0 Å². The summed E-state index contributed by atoms with van der Waals surface area (Å²) in [6.07, 6.45) is 0. The minimum Gasteiger partial charge on any atom is -0.491 e. The standard InChI is InChI=1S/C18H19NO4/c1-13-5-3-4-6-16(13)23-12-11-19-17(20)14-7-9-15(10-8-14)18(21)22-2/h3-10H,11-12H2,1-2H3,(H,19,20). The molecule has 120 valence electrons. The number of benzene rings is 2. The van der Waals surface area contributed by atoms with Crippen LogP contribution in [-0.2, 0) is 4.74 Å². The smallest absolute Gasteiger partial charge is 0.337 e. The summed E-state index contributed by atoms with van der Waals surface area (Å²) in [5, 5.41) is 2.77. The molecule has 0 aliphatic heterocycles. The normalized spacial score (nSPS) is 10.0. The number of methoxy groups -OCH3 is 1. The number of carbonyl (C=O) groups excluding carboxylic acids is 2. The number of rotatable bonds is 6. The molecule has 1 N–H and O–H groups in total. The van der Waals surface area contributed by atoms with Gasteiger partial charge in [-0.05, 0) is 42.8 Å². The van der Waals surface area contributed by atoms with Gasteiger partial charge < -0.3 is 14.8 Å². The molecule has 0 fully saturated rings. The fraction of sp³-hybridized carbons (Fsp3) is 0.222. The molecule has 5 heteroatoms. The molecular formula is C18H19NO4. The van der Waals surface area contributed by atoms with Crippen LogP contribution >= 0.6 is 0 Å². The van der Waals surface area contributed by atoms with E-state index < -0.39 is 5.97 Å². The SMILES string of the molecule is COC(=O)c1ccc(C(=O)NCCOc2ccccc2C)cc1. The van der Waals surface area contributed by atoms with Crippen LogP contribution in [0.15, 0.2) is 48.5 Å². The van der Waals surface area contributed by atoms with Crippen LogP contribution in [0.3, 0.4) is 0 Å². The molecule has 0 radical (unpaired) electrons. The largest absolute Gasteiger partial charge is 0.491 e. The van der Waals surface area contributed by atoms with E-state index in [1.807, 2.05) is 31.2 Å². The maximum absolute atomic E-state index is 12.0. The summed E-state index contributed by atoms with van der Waals surface area (Å²) in [7, 11) is 1.32. The molecule has 0 aliphatic carbocycles. The highest BCUT2D eigenvalue weighted by Crippen LogP contribution is 2.15. The Bertz CT molecular complexity index is 680. The van der Waals surface area contributed by atoms with Crippen LogP contribution < -0.4 is 10.1 Å². The number of amides is 1. The fourth-order valence-electron chi connectivity index (χ4n) is 2.02. The lowest BCUT2D eigenvalue weighted by atomic mass is 10.1. The second-order valence-electron chi connectivity index (χ2n) is 4.94. The number of esters is 1. The van der Waals surface area contributed by atoms with Gasteiger partial charge in [-0.2, -0.15) is 0 Å². The number of aryl methyl sites for hydroxylation is 1. The summed E-state index contributed by atoms with van der Waals surface area (Å²) in [4.78, 5) is 23.3. The first-order valence-electron chi connectivity index (χ1n) is 7.27. The minimum absolute atomic E-state index is 0.213. The summed E-state index contributed by atoms with van der Waals surface area (Å²) in [6.45, 7) is 2.75. The zero-order valence-corrected chi connectivity index (χ0v) is 13.2. The molecule has 23 heavy (non-hydrogen) atoms. The Labute approximate surface area is 135 Å². The quantitative estimate of drug-likeness (QED) is 0.657. The number of hydrogen-bond donors (Lipinski definition) is 1. The van der Waals surface area contributed by atoms with E-state index in [2.05, 4.69) is 10.1 Å². The first kappa shape index (κ1) is 16.5. The van der Waals surface area contributed by atoms with Crippen molar-refractivity contribution in [2.75, 3.05) is 20.3 Å². The molecule has 0 atom stereocenters. The average molecular weight is 313 g/mol. The van der Waals surface area contributed by atoms with Crippen molar-refractivity contribution in [2.24, 2.45) is 0 Å². The van der Waals surface area contributed by atoms with Crippen molar-refractivity contribution in [3.8, 4) is 5.75 Å². The van der Waals surface area contributed by atoms with Gasteiger partial charge in [-0.15, -0.1) is 0 Å². The molecule has 0 spiro atoms. The van der Waals surface area contributed by atoms with E-state index >= 15 is 0 Å². The minimum atomic E-state index is -0.427. The lowest BCUT2D eigenvalue weighted by Gasteiger charge is -2.10. The molecule has 0 aromatic heterocycles. The highest BCUT2D eigenvalue weighted by atomic mass is 16.5. The van der Waals surface area contributed by atoms with Crippen molar-refractivity contribution < 1.29 is 19.1 Å². The predicted molar refractivity (Wildman–Crippen MR) is 86.8 cm³/mol. The maximum atomic E-state index is 12.0. The topological polar surface area (TPSA) is 64.6 Å². The molecule has 1 amide bonds. The third-order valence-corrected chi connectivity index (χ3v) is 3.31. The second-order valence-corrected chi connectivity index (χ2v) is 4.94. The Morgan fingerprint density at radius 2 is 1.65 bits per heavy atom.